The zero-order chi connectivity index (χ0) is 17.1. The van der Waals surface area contributed by atoms with Crippen LogP contribution in [0.3, 0.4) is 0 Å². The lowest BCUT2D eigenvalue weighted by molar-refractivity contribution is 0.319. The van der Waals surface area contributed by atoms with Gasteiger partial charge in [0.1, 0.15) is 5.71 Å². The summed E-state index contributed by atoms with van der Waals surface area (Å²) in [4.78, 5) is 0. The highest BCUT2D eigenvalue weighted by Crippen LogP contribution is 2.28. The fourth-order valence-electron chi connectivity index (χ4n) is 2.51. The van der Waals surface area contributed by atoms with E-state index in [0.29, 0.717) is 16.3 Å². The number of aryl methyl sites for hydroxylation is 2. The summed E-state index contributed by atoms with van der Waals surface area (Å²) in [5.74, 6) is 0. The van der Waals surface area contributed by atoms with Crippen molar-refractivity contribution in [3.63, 3.8) is 0 Å². The molecule has 24 heavy (non-hydrogen) atoms. The van der Waals surface area contributed by atoms with E-state index in [4.69, 9.17) is 11.6 Å². The van der Waals surface area contributed by atoms with Gasteiger partial charge in [-0.1, -0.05) is 35.0 Å². The largest absolute Gasteiger partial charge is 0.410 e. The van der Waals surface area contributed by atoms with E-state index in [1.807, 2.05) is 67.1 Å². The molecule has 0 aliphatic rings. The van der Waals surface area contributed by atoms with Crippen molar-refractivity contribution in [2.24, 2.45) is 5.16 Å². The van der Waals surface area contributed by atoms with Crippen LogP contribution in [-0.4, -0.2) is 10.9 Å². The predicted octanol–water partition coefficient (Wildman–Crippen LogP) is 5.99. The highest BCUT2D eigenvalue weighted by molar-refractivity contribution is 7.08. The Hall–Kier alpha value is -2.30. The SMILES string of the molecule is Cc1ccccc1Nc1ccc(/C(=N/O)c2cscc2C)c(Cl)c1. The molecule has 0 aliphatic heterocycles. The van der Waals surface area contributed by atoms with Gasteiger partial charge in [-0.05, 0) is 54.6 Å². The van der Waals surface area contributed by atoms with Crippen molar-refractivity contribution < 1.29 is 5.21 Å². The monoisotopic (exact) mass is 356 g/mol. The van der Waals surface area contributed by atoms with Crippen LogP contribution in [0.1, 0.15) is 22.3 Å². The number of thiophene rings is 1. The summed E-state index contributed by atoms with van der Waals surface area (Å²) in [6, 6.07) is 13.7. The van der Waals surface area contributed by atoms with Gasteiger partial charge in [-0.25, -0.2) is 0 Å². The van der Waals surface area contributed by atoms with Crippen molar-refractivity contribution in [2.75, 3.05) is 5.32 Å². The Morgan fingerprint density at radius 1 is 1.04 bits per heavy atom. The molecule has 0 saturated heterocycles. The summed E-state index contributed by atoms with van der Waals surface area (Å²) >= 11 is 8.02. The van der Waals surface area contributed by atoms with Gasteiger partial charge in [0, 0.05) is 27.9 Å². The molecule has 0 atom stereocenters. The van der Waals surface area contributed by atoms with Crippen LogP contribution >= 0.6 is 22.9 Å². The number of nitrogens with zero attached hydrogens (tertiary/aromatic N) is 1. The first-order chi connectivity index (χ1) is 11.6. The number of hydrogen-bond acceptors (Lipinski definition) is 4. The third kappa shape index (κ3) is 3.30. The Kier molecular flexibility index (Phi) is 4.88. The number of para-hydroxylation sites is 1. The van der Waals surface area contributed by atoms with Crippen LogP contribution in [0.25, 0.3) is 0 Å². The first-order valence-electron chi connectivity index (χ1n) is 7.48. The lowest BCUT2D eigenvalue weighted by Crippen LogP contribution is -2.05. The zero-order valence-corrected chi connectivity index (χ0v) is 14.9. The number of hydrogen-bond donors (Lipinski definition) is 2. The number of benzene rings is 2. The molecule has 0 bridgehead atoms. The molecule has 3 rings (SSSR count). The normalized spacial score (nSPS) is 11.5. The zero-order valence-electron chi connectivity index (χ0n) is 13.4. The van der Waals surface area contributed by atoms with E-state index in [-0.39, 0.29) is 0 Å². The Bertz CT molecular complexity index is 902. The molecule has 3 aromatic rings. The molecule has 0 aliphatic carbocycles. The van der Waals surface area contributed by atoms with Crippen molar-refractivity contribution in [1.29, 1.82) is 0 Å². The topological polar surface area (TPSA) is 44.6 Å². The van der Waals surface area contributed by atoms with Gasteiger partial charge in [-0.3, -0.25) is 0 Å². The predicted molar refractivity (Wildman–Crippen MR) is 102 cm³/mol. The summed E-state index contributed by atoms with van der Waals surface area (Å²) in [7, 11) is 0. The van der Waals surface area contributed by atoms with Gasteiger partial charge in [0.15, 0.2) is 0 Å². The fraction of sp³-hybridized carbons (Fsp3) is 0.105. The van der Waals surface area contributed by atoms with Crippen molar-refractivity contribution in [1.82, 2.24) is 0 Å². The Labute approximate surface area is 150 Å². The van der Waals surface area contributed by atoms with Crippen LogP contribution in [0, 0.1) is 13.8 Å². The van der Waals surface area contributed by atoms with Gasteiger partial charge in [0.2, 0.25) is 0 Å². The number of anilines is 2. The van der Waals surface area contributed by atoms with Gasteiger partial charge in [-0.15, -0.1) is 0 Å². The molecule has 122 valence electrons. The minimum atomic E-state index is 0.487. The molecular weight excluding hydrogens is 340 g/mol. The fourth-order valence-corrected chi connectivity index (χ4v) is 3.61. The van der Waals surface area contributed by atoms with E-state index in [0.717, 1.165) is 28.1 Å². The van der Waals surface area contributed by atoms with Crippen LogP contribution < -0.4 is 5.32 Å². The summed E-state index contributed by atoms with van der Waals surface area (Å²) in [5.41, 5.74) is 6.22. The smallest absolute Gasteiger partial charge is 0.119 e. The van der Waals surface area contributed by atoms with E-state index >= 15 is 0 Å². The van der Waals surface area contributed by atoms with Crippen molar-refractivity contribution in [3.05, 3.63) is 80.5 Å². The molecule has 0 radical (unpaired) electrons. The van der Waals surface area contributed by atoms with Crippen LogP contribution in [-0.2, 0) is 0 Å². The highest BCUT2D eigenvalue weighted by Gasteiger charge is 2.15. The van der Waals surface area contributed by atoms with Gasteiger partial charge >= 0.3 is 0 Å². The lowest BCUT2D eigenvalue weighted by Gasteiger charge is -2.12. The number of halogens is 1. The second-order valence-electron chi connectivity index (χ2n) is 5.55. The minimum Gasteiger partial charge on any atom is -0.410 e. The first-order valence-corrected chi connectivity index (χ1v) is 8.80. The molecule has 1 aromatic heterocycles. The summed E-state index contributed by atoms with van der Waals surface area (Å²) in [6.07, 6.45) is 0. The molecular formula is C19H17ClN2OS. The maximum Gasteiger partial charge on any atom is 0.119 e. The number of oxime groups is 1. The standard InChI is InChI=1S/C19H17ClN2OS/c1-12-5-3-4-6-18(12)21-14-7-8-15(17(20)9-14)19(22-23)16-11-24-10-13(16)2/h3-11,21,23H,1-2H3/b22-19-. The number of nitrogens with one attached hydrogen (secondary N) is 1. The minimum absolute atomic E-state index is 0.487. The van der Waals surface area contributed by atoms with Gasteiger partial charge in [0.05, 0.1) is 5.02 Å². The van der Waals surface area contributed by atoms with E-state index in [1.54, 1.807) is 11.3 Å². The maximum atomic E-state index is 9.46. The van der Waals surface area contributed by atoms with Crippen molar-refractivity contribution in [2.45, 2.75) is 13.8 Å². The van der Waals surface area contributed by atoms with Gasteiger partial charge in [0.25, 0.3) is 0 Å². The summed E-state index contributed by atoms with van der Waals surface area (Å²) in [6.45, 7) is 4.03. The first kappa shape index (κ1) is 16.6. The van der Waals surface area contributed by atoms with Crippen LogP contribution in [0.5, 0.6) is 0 Å². The molecule has 2 aromatic carbocycles. The van der Waals surface area contributed by atoms with Crippen LogP contribution in [0.4, 0.5) is 11.4 Å². The second kappa shape index (κ2) is 7.07. The van der Waals surface area contributed by atoms with E-state index in [2.05, 4.69) is 10.5 Å². The van der Waals surface area contributed by atoms with Crippen LogP contribution in [0.2, 0.25) is 5.02 Å². The third-order valence-electron chi connectivity index (χ3n) is 3.86. The second-order valence-corrected chi connectivity index (χ2v) is 6.70. The van der Waals surface area contributed by atoms with Crippen molar-refractivity contribution >= 4 is 40.0 Å². The van der Waals surface area contributed by atoms with Gasteiger partial charge < -0.3 is 10.5 Å². The molecule has 0 spiro atoms. The third-order valence-corrected chi connectivity index (χ3v) is 5.03. The average Bonchev–Trinajstić information content (AvgIpc) is 2.98. The Balaban J connectivity index is 1.93. The molecule has 1 heterocycles. The quantitative estimate of drug-likeness (QED) is 0.342. The molecule has 0 saturated carbocycles. The van der Waals surface area contributed by atoms with E-state index < -0.39 is 0 Å². The summed E-state index contributed by atoms with van der Waals surface area (Å²) in [5, 5.41) is 20.8. The van der Waals surface area contributed by atoms with Gasteiger partial charge in [-0.2, -0.15) is 11.3 Å². The average molecular weight is 357 g/mol. The Morgan fingerprint density at radius 3 is 2.46 bits per heavy atom. The Morgan fingerprint density at radius 2 is 1.83 bits per heavy atom. The summed E-state index contributed by atoms with van der Waals surface area (Å²) < 4.78 is 0. The molecule has 0 unspecified atom stereocenters. The van der Waals surface area contributed by atoms with Crippen LogP contribution in [0.15, 0.2) is 58.4 Å². The molecule has 3 nitrogen and oxygen atoms in total. The highest BCUT2D eigenvalue weighted by atomic mass is 35.5. The molecule has 5 heteroatoms. The van der Waals surface area contributed by atoms with E-state index in [1.165, 1.54) is 0 Å². The van der Waals surface area contributed by atoms with Crippen molar-refractivity contribution in [3.8, 4) is 0 Å². The number of rotatable bonds is 4. The molecule has 0 amide bonds. The molecule has 0 fully saturated rings. The maximum absolute atomic E-state index is 9.46. The molecule has 2 N–H and O–H groups in total. The van der Waals surface area contributed by atoms with E-state index in [9.17, 15) is 5.21 Å². The lowest BCUT2D eigenvalue weighted by atomic mass is 10.0.